The molecule has 0 bridgehead atoms. The Bertz CT molecular complexity index is 1180. The van der Waals surface area contributed by atoms with Crippen LogP contribution >= 0.6 is 23.4 Å². The Kier molecular flexibility index (Phi) is 8.10. The molecule has 172 valence electrons. The average molecular weight is 490 g/mol. The van der Waals surface area contributed by atoms with Crippen molar-refractivity contribution in [2.45, 2.75) is 24.5 Å². The van der Waals surface area contributed by atoms with Crippen LogP contribution in [0.15, 0.2) is 89.3 Å². The lowest BCUT2D eigenvalue weighted by atomic mass is 10.1. The summed E-state index contributed by atoms with van der Waals surface area (Å²) in [5, 5.41) is 7.20. The van der Waals surface area contributed by atoms with Crippen LogP contribution in [0.25, 0.3) is 16.8 Å². The predicted molar refractivity (Wildman–Crippen MR) is 132 cm³/mol. The summed E-state index contributed by atoms with van der Waals surface area (Å²) in [6.45, 7) is 5.44. The number of hydrogen-bond acceptors (Lipinski definition) is 3. The lowest BCUT2D eigenvalue weighted by Gasteiger charge is -2.12. The minimum Gasteiger partial charge on any atom is -0.379 e. The second-order valence-electron chi connectivity index (χ2n) is 7.02. The maximum atomic E-state index is 13.4. The Hall–Kier alpha value is -2.90. The Morgan fingerprint density at radius 2 is 1.88 bits per heavy atom. The molecule has 2 aromatic carbocycles. The van der Waals surface area contributed by atoms with Crippen LogP contribution in [0.1, 0.15) is 18.3 Å². The van der Waals surface area contributed by atoms with E-state index < -0.39 is 11.9 Å². The highest BCUT2D eigenvalue weighted by Gasteiger charge is 2.35. The van der Waals surface area contributed by atoms with Crippen molar-refractivity contribution < 1.29 is 13.2 Å². The molecule has 1 heterocycles. The first kappa shape index (κ1) is 24.7. The molecule has 1 aromatic heterocycles. The molecular weight excluding hydrogens is 467 g/mol. The minimum atomic E-state index is -4.57. The van der Waals surface area contributed by atoms with Crippen LogP contribution in [-0.4, -0.2) is 16.0 Å². The van der Waals surface area contributed by atoms with E-state index in [0.29, 0.717) is 11.4 Å². The summed E-state index contributed by atoms with van der Waals surface area (Å²) >= 11 is 7.91. The Morgan fingerprint density at radius 1 is 1.15 bits per heavy atom. The zero-order valence-electron chi connectivity index (χ0n) is 18.2. The molecule has 0 radical (unpaired) electrons. The molecule has 3 rings (SSSR count). The number of rotatable bonds is 8. The molecule has 0 aliphatic heterocycles. The maximum absolute atomic E-state index is 13.4. The Labute approximate surface area is 200 Å². The van der Waals surface area contributed by atoms with Crippen molar-refractivity contribution >= 4 is 34.7 Å². The van der Waals surface area contributed by atoms with Crippen LogP contribution in [-0.2, 0) is 12.7 Å². The van der Waals surface area contributed by atoms with Crippen molar-refractivity contribution in [2.75, 3.05) is 11.6 Å². The third-order valence-electron chi connectivity index (χ3n) is 4.84. The van der Waals surface area contributed by atoms with Gasteiger partial charge < -0.3 is 5.32 Å². The molecular formula is C25H23ClF3N3S. The highest BCUT2D eigenvalue weighted by Crippen LogP contribution is 2.32. The van der Waals surface area contributed by atoms with Crippen molar-refractivity contribution in [2.24, 2.45) is 0 Å². The van der Waals surface area contributed by atoms with E-state index in [4.69, 9.17) is 11.6 Å². The standard InChI is InChI=1S/C25H23ClF3N3S/c1-4-7-23(22(26)5-2)32-20(15-24(31-32)25(27,28)29)16-30-19-12-10-17(11-13-19)18-8-6-9-21(14-18)33-3/h4-15,30H,1,16H2,2-3H3/b22-5+,23-7+. The third-order valence-corrected chi connectivity index (χ3v) is 5.97. The van der Waals surface area contributed by atoms with E-state index in [1.165, 1.54) is 21.7 Å². The molecule has 0 aliphatic carbocycles. The van der Waals surface area contributed by atoms with Crippen LogP contribution < -0.4 is 5.32 Å². The number of alkyl halides is 3. The number of anilines is 1. The number of thioether (sulfide) groups is 1. The average Bonchev–Trinajstić information content (AvgIpc) is 3.25. The molecule has 8 heteroatoms. The van der Waals surface area contributed by atoms with E-state index in [9.17, 15) is 13.2 Å². The van der Waals surface area contributed by atoms with Crippen LogP contribution in [0.3, 0.4) is 0 Å². The van der Waals surface area contributed by atoms with E-state index in [2.05, 4.69) is 29.1 Å². The molecule has 0 amide bonds. The first-order valence-electron chi connectivity index (χ1n) is 10.1. The minimum absolute atomic E-state index is 0.118. The number of allylic oxidation sites excluding steroid dienone is 5. The van der Waals surface area contributed by atoms with E-state index in [1.54, 1.807) is 24.8 Å². The van der Waals surface area contributed by atoms with Crippen LogP contribution in [0.2, 0.25) is 0 Å². The van der Waals surface area contributed by atoms with Crippen molar-refractivity contribution in [1.29, 1.82) is 0 Å². The van der Waals surface area contributed by atoms with Crippen LogP contribution in [0.4, 0.5) is 18.9 Å². The highest BCUT2D eigenvalue weighted by atomic mass is 35.5. The van der Waals surface area contributed by atoms with Crippen molar-refractivity contribution in [3.8, 4) is 11.1 Å². The van der Waals surface area contributed by atoms with Gasteiger partial charge in [0, 0.05) is 10.6 Å². The molecule has 0 saturated carbocycles. The van der Waals surface area contributed by atoms with Gasteiger partial charge in [-0.1, -0.05) is 54.6 Å². The van der Waals surface area contributed by atoms with Gasteiger partial charge in [0.05, 0.1) is 23.0 Å². The van der Waals surface area contributed by atoms with E-state index in [-0.39, 0.29) is 11.6 Å². The van der Waals surface area contributed by atoms with Gasteiger partial charge in [0.15, 0.2) is 5.69 Å². The van der Waals surface area contributed by atoms with Crippen molar-refractivity contribution in [1.82, 2.24) is 9.78 Å². The molecule has 0 aliphatic rings. The summed E-state index contributed by atoms with van der Waals surface area (Å²) in [7, 11) is 0. The van der Waals surface area contributed by atoms with Gasteiger partial charge in [0.25, 0.3) is 0 Å². The summed E-state index contributed by atoms with van der Waals surface area (Å²) in [5.41, 5.74) is 2.56. The Morgan fingerprint density at radius 3 is 2.48 bits per heavy atom. The van der Waals surface area contributed by atoms with Gasteiger partial charge in [-0.05, 0) is 60.7 Å². The smallest absolute Gasteiger partial charge is 0.379 e. The van der Waals surface area contributed by atoms with E-state index in [0.717, 1.165) is 22.9 Å². The normalized spacial score (nSPS) is 12.7. The number of halogens is 4. The number of hydrogen-bond donors (Lipinski definition) is 1. The number of benzene rings is 2. The molecule has 0 atom stereocenters. The number of aromatic nitrogens is 2. The predicted octanol–water partition coefficient (Wildman–Crippen LogP) is 8.07. The zero-order chi connectivity index (χ0) is 24.0. The summed E-state index contributed by atoms with van der Waals surface area (Å²) < 4.78 is 41.3. The largest absolute Gasteiger partial charge is 0.435 e. The fraction of sp³-hybridized carbons (Fsp3) is 0.160. The molecule has 1 N–H and O–H groups in total. The van der Waals surface area contributed by atoms with E-state index in [1.807, 2.05) is 42.7 Å². The van der Waals surface area contributed by atoms with Gasteiger partial charge in [-0.15, -0.1) is 11.8 Å². The molecule has 0 spiro atoms. The molecule has 3 aromatic rings. The second kappa shape index (κ2) is 10.8. The van der Waals surface area contributed by atoms with Crippen molar-refractivity contribution in [3.05, 3.63) is 95.8 Å². The van der Waals surface area contributed by atoms with Crippen LogP contribution in [0, 0.1) is 0 Å². The molecule has 0 unspecified atom stereocenters. The second-order valence-corrected chi connectivity index (χ2v) is 8.30. The zero-order valence-corrected chi connectivity index (χ0v) is 19.7. The Balaban J connectivity index is 1.86. The van der Waals surface area contributed by atoms with Gasteiger partial charge >= 0.3 is 6.18 Å². The SMILES string of the molecule is C=C/C=C(\C(Cl)=C/C)n1nc(C(F)(F)F)cc1CNc1ccc(-c2cccc(SC)c2)cc1. The topological polar surface area (TPSA) is 29.9 Å². The third kappa shape index (κ3) is 6.12. The quantitative estimate of drug-likeness (QED) is 0.256. The first-order chi connectivity index (χ1) is 15.8. The number of nitrogens with one attached hydrogen (secondary N) is 1. The monoisotopic (exact) mass is 489 g/mol. The van der Waals surface area contributed by atoms with Gasteiger partial charge in [0.1, 0.15) is 0 Å². The summed E-state index contributed by atoms with van der Waals surface area (Å²) in [5.74, 6) is 0. The lowest BCUT2D eigenvalue weighted by Crippen LogP contribution is -2.10. The number of nitrogens with zero attached hydrogens (tertiary/aromatic N) is 2. The fourth-order valence-electron chi connectivity index (χ4n) is 3.18. The van der Waals surface area contributed by atoms with Crippen molar-refractivity contribution in [3.63, 3.8) is 0 Å². The highest BCUT2D eigenvalue weighted by molar-refractivity contribution is 7.98. The van der Waals surface area contributed by atoms with Gasteiger partial charge in [-0.2, -0.15) is 18.3 Å². The summed E-state index contributed by atoms with van der Waals surface area (Å²) in [6.07, 6.45) is 2.03. The molecule has 0 saturated heterocycles. The summed E-state index contributed by atoms with van der Waals surface area (Å²) in [4.78, 5) is 1.17. The summed E-state index contributed by atoms with van der Waals surface area (Å²) in [6, 6.07) is 17.0. The molecule has 0 fully saturated rings. The lowest BCUT2D eigenvalue weighted by molar-refractivity contribution is -0.141. The molecule has 33 heavy (non-hydrogen) atoms. The molecule has 3 nitrogen and oxygen atoms in total. The van der Waals surface area contributed by atoms with Gasteiger partial charge in [-0.25, -0.2) is 4.68 Å². The fourth-order valence-corrected chi connectivity index (χ4v) is 3.78. The first-order valence-corrected chi connectivity index (χ1v) is 11.7. The maximum Gasteiger partial charge on any atom is 0.435 e. The van der Waals surface area contributed by atoms with E-state index >= 15 is 0 Å². The van der Waals surface area contributed by atoms with Crippen LogP contribution in [0.5, 0.6) is 0 Å². The van der Waals surface area contributed by atoms with Gasteiger partial charge in [0.2, 0.25) is 0 Å². The van der Waals surface area contributed by atoms with Gasteiger partial charge in [-0.3, -0.25) is 0 Å².